The van der Waals surface area contributed by atoms with E-state index in [1.54, 1.807) is 13.8 Å². The first-order valence-electron chi connectivity index (χ1n) is 10.1. The number of aliphatic hydroxyl groups is 2. The molecule has 0 aromatic heterocycles. The number of guanidine groups is 1. The van der Waals surface area contributed by atoms with Gasteiger partial charge in [-0.25, -0.2) is 4.79 Å². The number of aliphatic hydroxyl groups excluding tert-OH is 2. The summed E-state index contributed by atoms with van der Waals surface area (Å²) < 4.78 is 0. The zero-order chi connectivity index (χ0) is 25.0. The number of carboxylic acids is 1. The van der Waals surface area contributed by atoms with Crippen LogP contribution in [0.1, 0.15) is 33.6 Å². The molecular formula is C18H35N7O7. The lowest BCUT2D eigenvalue weighted by Gasteiger charge is -2.27. The highest BCUT2D eigenvalue weighted by Crippen LogP contribution is 2.07. The SMILES string of the molecule is CC(C)C(NC(=O)C(CCCN=C(N)N)NC(=O)C(N)CO)C(=O)NC(C(=O)O)C(C)O. The quantitative estimate of drug-likeness (QED) is 0.0686. The standard InChI is InChI=1S/C18H35N7O7/c1-8(2)12(16(30)25-13(9(3)27)17(31)32)24-15(29)11(5-4-6-22-18(20)21)23-14(28)10(19)7-26/h8-13,26-27H,4-7,19H2,1-3H3,(H,23,28)(H,24,29)(H,25,30)(H,31,32)(H4,20,21,22). The maximum absolute atomic E-state index is 12.8. The highest BCUT2D eigenvalue weighted by atomic mass is 16.4. The van der Waals surface area contributed by atoms with Gasteiger partial charge < -0.3 is 48.5 Å². The molecule has 0 fully saturated rings. The van der Waals surface area contributed by atoms with E-state index in [4.69, 9.17) is 27.4 Å². The lowest BCUT2D eigenvalue weighted by molar-refractivity contribution is -0.145. The average Bonchev–Trinajstić information content (AvgIpc) is 2.70. The highest BCUT2D eigenvalue weighted by Gasteiger charge is 2.33. The molecule has 0 radical (unpaired) electrons. The van der Waals surface area contributed by atoms with E-state index in [-0.39, 0.29) is 18.9 Å². The molecule has 32 heavy (non-hydrogen) atoms. The van der Waals surface area contributed by atoms with Crippen LogP contribution in [0.25, 0.3) is 0 Å². The number of carbonyl (C=O) groups is 4. The lowest BCUT2D eigenvalue weighted by atomic mass is 10.0. The van der Waals surface area contributed by atoms with Gasteiger partial charge in [0.05, 0.1) is 12.7 Å². The van der Waals surface area contributed by atoms with E-state index < -0.39 is 66.5 Å². The van der Waals surface area contributed by atoms with Crippen LogP contribution in [-0.2, 0) is 19.2 Å². The van der Waals surface area contributed by atoms with Gasteiger partial charge in [-0.15, -0.1) is 0 Å². The van der Waals surface area contributed by atoms with Crippen molar-refractivity contribution >= 4 is 29.7 Å². The van der Waals surface area contributed by atoms with E-state index in [2.05, 4.69) is 20.9 Å². The van der Waals surface area contributed by atoms with Gasteiger partial charge >= 0.3 is 5.97 Å². The smallest absolute Gasteiger partial charge is 0.328 e. The molecule has 0 aliphatic heterocycles. The Morgan fingerprint density at radius 3 is 1.94 bits per heavy atom. The monoisotopic (exact) mass is 461 g/mol. The second-order valence-electron chi connectivity index (χ2n) is 7.59. The number of rotatable bonds is 14. The fourth-order valence-corrected chi connectivity index (χ4v) is 2.55. The molecule has 0 saturated carbocycles. The Morgan fingerprint density at radius 2 is 1.50 bits per heavy atom. The van der Waals surface area contributed by atoms with Crippen molar-refractivity contribution in [2.75, 3.05) is 13.2 Å². The van der Waals surface area contributed by atoms with Crippen LogP contribution in [0.2, 0.25) is 0 Å². The van der Waals surface area contributed by atoms with E-state index in [0.717, 1.165) is 0 Å². The number of carboxylic acid groups (broad SMARTS) is 1. The number of nitrogens with one attached hydrogen (secondary N) is 3. The molecule has 14 nitrogen and oxygen atoms in total. The van der Waals surface area contributed by atoms with Crippen molar-refractivity contribution in [3.8, 4) is 0 Å². The second-order valence-corrected chi connectivity index (χ2v) is 7.59. The summed E-state index contributed by atoms with van der Waals surface area (Å²) in [5, 5.41) is 34.8. The van der Waals surface area contributed by atoms with Gasteiger partial charge in [0.25, 0.3) is 0 Å². The minimum atomic E-state index is -1.57. The number of aliphatic imine (C=N–C) groups is 1. The van der Waals surface area contributed by atoms with E-state index in [9.17, 15) is 24.3 Å². The van der Waals surface area contributed by atoms with Crippen molar-refractivity contribution < 1.29 is 34.5 Å². The lowest BCUT2D eigenvalue weighted by Crippen LogP contribution is -2.59. The molecule has 0 saturated heterocycles. The van der Waals surface area contributed by atoms with Crippen molar-refractivity contribution in [1.29, 1.82) is 0 Å². The minimum absolute atomic E-state index is 0.0877. The maximum Gasteiger partial charge on any atom is 0.328 e. The second kappa shape index (κ2) is 14.2. The Hall–Kier alpha value is -2.97. The summed E-state index contributed by atoms with van der Waals surface area (Å²) in [6.45, 7) is 3.99. The molecule has 5 unspecified atom stereocenters. The van der Waals surface area contributed by atoms with Gasteiger partial charge in [-0.1, -0.05) is 13.8 Å². The Labute approximate surface area is 186 Å². The summed E-state index contributed by atoms with van der Waals surface area (Å²) in [5.41, 5.74) is 16.0. The van der Waals surface area contributed by atoms with Crippen LogP contribution in [-0.4, -0.2) is 88.4 Å². The summed E-state index contributed by atoms with van der Waals surface area (Å²) in [6, 6.07) is -5.12. The number of hydrogen-bond acceptors (Lipinski definition) is 8. The number of nitrogens with two attached hydrogens (primary N) is 3. The van der Waals surface area contributed by atoms with Gasteiger partial charge in [0.2, 0.25) is 17.7 Å². The third kappa shape index (κ3) is 10.4. The maximum atomic E-state index is 12.8. The molecule has 184 valence electrons. The van der Waals surface area contributed by atoms with E-state index in [0.29, 0.717) is 6.42 Å². The molecular weight excluding hydrogens is 426 g/mol. The van der Waals surface area contributed by atoms with Crippen molar-refractivity contribution in [1.82, 2.24) is 16.0 Å². The topological polar surface area (TPSA) is 255 Å². The molecule has 5 atom stereocenters. The molecule has 0 heterocycles. The largest absolute Gasteiger partial charge is 0.480 e. The molecule has 0 aliphatic rings. The van der Waals surface area contributed by atoms with Gasteiger partial charge in [-0.3, -0.25) is 19.4 Å². The predicted molar refractivity (Wildman–Crippen MR) is 115 cm³/mol. The van der Waals surface area contributed by atoms with Gasteiger partial charge in [0, 0.05) is 6.54 Å². The number of aliphatic carboxylic acids is 1. The van der Waals surface area contributed by atoms with Crippen LogP contribution in [0, 0.1) is 5.92 Å². The number of hydrogen-bond donors (Lipinski definition) is 9. The Morgan fingerprint density at radius 1 is 0.938 bits per heavy atom. The highest BCUT2D eigenvalue weighted by molar-refractivity contribution is 5.94. The molecule has 14 heteroatoms. The molecule has 0 aromatic rings. The molecule has 0 bridgehead atoms. The Kier molecular flexibility index (Phi) is 12.8. The van der Waals surface area contributed by atoms with Crippen molar-refractivity contribution in [3.05, 3.63) is 0 Å². The molecule has 0 spiro atoms. The third-order valence-corrected chi connectivity index (χ3v) is 4.40. The first kappa shape index (κ1) is 29.0. The Bertz CT molecular complexity index is 681. The molecule has 12 N–H and O–H groups in total. The van der Waals surface area contributed by atoms with Gasteiger partial charge in [-0.2, -0.15) is 0 Å². The van der Waals surface area contributed by atoms with Crippen molar-refractivity contribution in [2.45, 2.75) is 63.9 Å². The first-order chi connectivity index (χ1) is 14.8. The van der Waals surface area contributed by atoms with Gasteiger partial charge in [-0.05, 0) is 25.7 Å². The minimum Gasteiger partial charge on any atom is -0.480 e. The fraction of sp³-hybridized carbons (Fsp3) is 0.722. The molecule has 0 aliphatic carbocycles. The summed E-state index contributed by atoms with van der Waals surface area (Å²) in [6.07, 6.45) is -0.987. The molecule has 0 rings (SSSR count). The van der Waals surface area contributed by atoms with Crippen LogP contribution < -0.4 is 33.2 Å². The zero-order valence-electron chi connectivity index (χ0n) is 18.4. The van der Waals surface area contributed by atoms with Crippen molar-refractivity contribution in [3.63, 3.8) is 0 Å². The molecule has 3 amide bonds. The summed E-state index contributed by atoms with van der Waals surface area (Å²) >= 11 is 0. The normalized spacial score (nSPS) is 15.6. The average molecular weight is 462 g/mol. The Balaban J connectivity index is 5.44. The zero-order valence-corrected chi connectivity index (χ0v) is 18.4. The first-order valence-corrected chi connectivity index (χ1v) is 10.1. The predicted octanol–water partition coefficient (Wildman–Crippen LogP) is -4.06. The van der Waals surface area contributed by atoms with E-state index >= 15 is 0 Å². The van der Waals surface area contributed by atoms with Crippen molar-refractivity contribution in [2.24, 2.45) is 28.1 Å². The van der Waals surface area contributed by atoms with E-state index in [1.807, 2.05) is 0 Å². The summed E-state index contributed by atoms with van der Waals surface area (Å²) in [7, 11) is 0. The third-order valence-electron chi connectivity index (χ3n) is 4.40. The summed E-state index contributed by atoms with van der Waals surface area (Å²) in [4.78, 5) is 52.5. The fourth-order valence-electron chi connectivity index (χ4n) is 2.55. The van der Waals surface area contributed by atoms with Crippen LogP contribution in [0.15, 0.2) is 4.99 Å². The van der Waals surface area contributed by atoms with Crippen LogP contribution in [0.4, 0.5) is 0 Å². The van der Waals surface area contributed by atoms with Crippen LogP contribution in [0.3, 0.4) is 0 Å². The van der Waals surface area contributed by atoms with E-state index in [1.165, 1.54) is 6.92 Å². The summed E-state index contributed by atoms with van der Waals surface area (Å²) in [5.74, 6) is -4.37. The molecule has 0 aromatic carbocycles. The van der Waals surface area contributed by atoms with Crippen LogP contribution in [0.5, 0.6) is 0 Å². The number of nitrogens with zero attached hydrogens (tertiary/aromatic N) is 1. The van der Waals surface area contributed by atoms with Crippen LogP contribution >= 0.6 is 0 Å². The van der Waals surface area contributed by atoms with Gasteiger partial charge in [0.1, 0.15) is 18.1 Å². The number of amides is 3. The van der Waals surface area contributed by atoms with Gasteiger partial charge in [0.15, 0.2) is 12.0 Å². The number of carbonyl (C=O) groups excluding carboxylic acids is 3.